The molecule has 1 aromatic rings. The van der Waals surface area contributed by atoms with Crippen molar-refractivity contribution in [3.05, 3.63) is 35.4 Å². The summed E-state index contributed by atoms with van der Waals surface area (Å²) in [6.07, 6.45) is 5.28. The summed E-state index contributed by atoms with van der Waals surface area (Å²) in [5.41, 5.74) is 1.97. The highest BCUT2D eigenvalue weighted by Gasteiger charge is 2.39. The molecule has 0 fully saturated rings. The molecule has 1 aromatic carbocycles. The minimum Gasteiger partial charge on any atom is -0.385 e. The fourth-order valence-electron chi connectivity index (χ4n) is 3.23. The van der Waals surface area contributed by atoms with E-state index in [2.05, 4.69) is 38.1 Å². The van der Waals surface area contributed by atoms with Crippen LogP contribution in [0, 0.1) is 5.92 Å². The summed E-state index contributed by atoms with van der Waals surface area (Å²) in [4.78, 5) is 0. The lowest BCUT2D eigenvalue weighted by atomic mass is 9.70. The Morgan fingerprint density at radius 3 is 2.62 bits per heavy atom. The van der Waals surface area contributed by atoms with Gasteiger partial charge < -0.3 is 5.11 Å². The van der Waals surface area contributed by atoms with Crippen LogP contribution in [0.2, 0.25) is 0 Å². The minimum absolute atomic E-state index is 0.397. The molecule has 1 atom stereocenters. The molecule has 0 saturated carbocycles. The van der Waals surface area contributed by atoms with Crippen LogP contribution in [0.15, 0.2) is 24.3 Å². The van der Waals surface area contributed by atoms with Crippen molar-refractivity contribution < 1.29 is 5.11 Å². The summed E-state index contributed by atoms with van der Waals surface area (Å²) >= 11 is 0. The number of fused-ring (bicyclic) bond motifs is 1. The molecule has 0 bridgehead atoms. The zero-order valence-corrected chi connectivity index (χ0v) is 10.4. The van der Waals surface area contributed by atoms with Gasteiger partial charge in [-0.1, -0.05) is 51.0 Å². The molecule has 0 aliphatic heterocycles. The first kappa shape index (κ1) is 11.7. The molecular weight excluding hydrogens is 196 g/mol. The largest absolute Gasteiger partial charge is 0.385 e. The van der Waals surface area contributed by atoms with E-state index in [9.17, 15) is 5.11 Å². The van der Waals surface area contributed by atoms with Gasteiger partial charge in [0.2, 0.25) is 0 Å². The normalized spacial score (nSPS) is 24.5. The van der Waals surface area contributed by atoms with Gasteiger partial charge in [0.25, 0.3) is 0 Å². The van der Waals surface area contributed by atoms with E-state index in [4.69, 9.17) is 0 Å². The van der Waals surface area contributed by atoms with Gasteiger partial charge in [-0.05, 0) is 36.3 Å². The summed E-state index contributed by atoms with van der Waals surface area (Å²) in [6, 6.07) is 8.42. The Bertz CT molecular complexity index is 354. The van der Waals surface area contributed by atoms with Crippen LogP contribution in [0.25, 0.3) is 0 Å². The fourth-order valence-corrected chi connectivity index (χ4v) is 3.23. The zero-order chi connectivity index (χ0) is 11.6. The van der Waals surface area contributed by atoms with Crippen LogP contribution < -0.4 is 0 Å². The maximum absolute atomic E-state index is 11.0. The summed E-state index contributed by atoms with van der Waals surface area (Å²) in [6.45, 7) is 4.37. The Kier molecular flexibility index (Phi) is 3.34. The van der Waals surface area contributed by atoms with E-state index >= 15 is 0 Å². The highest BCUT2D eigenvalue weighted by Crippen LogP contribution is 2.43. The molecule has 1 unspecified atom stereocenters. The number of aryl methyl sites for hydroxylation is 1. The second-order valence-electron chi connectivity index (χ2n) is 4.95. The van der Waals surface area contributed by atoms with Gasteiger partial charge in [-0.3, -0.25) is 0 Å². The lowest BCUT2D eigenvalue weighted by Crippen LogP contribution is -2.38. The molecule has 0 saturated heterocycles. The van der Waals surface area contributed by atoms with Crippen molar-refractivity contribution in [2.45, 2.75) is 51.6 Å². The standard InChI is InChI=1S/C15H22O/c1-3-13(4-2)15(16)11-7-9-12-8-5-6-10-14(12)15/h5-6,8,10,13,16H,3-4,7,9,11H2,1-2H3. The quantitative estimate of drug-likeness (QED) is 0.821. The lowest BCUT2D eigenvalue weighted by Gasteiger charge is -2.40. The molecule has 0 heterocycles. The van der Waals surface area contributed by atoms with E-state index in [0.29, 0.717) is 5.92 Å². The Labute approximate surface area is 98.5 Å². The average molecular weight is 218 g/mol. The zero-order valence-electron chi connectivity index (χ0n) is 10.4. The fraction of sp³-hybridized carbons (Fsp3) is 0.600. The van der Waals surface area contributed by atoms with E-state index in [1.54, 1.807) is 0 Å². The SMILES string of the molecule is CCC(CC)C1(O)CCCc2ccccc21. The van der Waals surface area contributed by atoms with E-state index in [1.807, 2.05) is 0 Å². The van der Waals surface area contributed by atoms with Crippen LogP contribution in [-0.2, 0) is 12.0 Å². The lowest BCUT2D eigenvalue weighted by molar-refractivity contribution is -0.0425. The number of hydrogen-bond acceptors (Lipinski definition) is 1. The van der Waals surface area contributed by atoms with Gasteiger partial charge in [0.1, 0.15) is 0 Å². The van der Waals surface area contributed by atoms with Crippen LogP contribution in [-0.4, -0.2) is 5.11 Å². The first-order chi connectivity index (χ1) is 7.72. The third kappa shape index (κ3) is 1.78. The maximum atomic E-state index is 11.0. The van der Waals surface area contributed by atoms with Crippen molar-refractivity contribution in [3.63, 3.8) is 0 Å². The molecule has 16 heavy (non-hydrogen) atoms. The highest BCUT2D eigenvalue weighted by molar-refractivity contribution is 5.35. The van der Waals surface area contributed by atoms with E-state index in [1.165, 1.54) is 11.1 Å². The van der Waals surface area contributed by atoms with Crippen LogP contribution >= 0.6 is 0 Å². The topological polar surface area (TPSA) is 20.2 Å². The molecular formula is C15H22O. The first-order valence-electron chi connectivity index (χ1n) is 6.53. The van der Waals surface area contributed by atoms with Gasteiger partial charge >= 0.3 is 0 Å². The van der Waals surface area contributed by atoms with Crippen molar-refractivity contribution in [1.29, 1.82) is 0 Å². The molecule has 1 aliphatic carbocycles. The van der Waals surface area contributed by atoms with Gasteiger partial charge in [0.05, 0.1) is 5.60 Å². The molecule has 0 amide bonds. The Morgan fingerprint density at radius 1 is 1.25 bits per heavy atom. The molecule has 1 heteroatoms. The smallest absolute Gasteiger partial charge is 0.0927 e. The summed E-state index contributed by atoms with van der Waals surface area (Å²) < 4.78 is 0. The number of benzene rings is 1. The Hall–Kier alpha value is -0.820. The third-order valence-corrected chi connectivity index (χ3v) is 4.15. The van der Waals surface area contributed by atoms with Crippen molar-refractivity contribution in [2.24, 2.45) is 5.92 Å². The monoisotopic (exact) mass is 218 g/mol. The van der Waals surface area contributed by atoms with Crippen LogP contribution in [0.1, 0.15) is 50.7 Å². The van der Waals surface area contributed by atoms with Gasteiger partial charge in [0.15, 0.2) is 0 Å². The molecule has 1 aliphatic rings. The Morgan fingerprint density at radius 2 is 1.94 bits per heavy atom. The van der Waals surface area contributed by atoms with Gasteiger partial charge in [-0.2, -0.15) is 0 Å². The molecule has 0 radical (unpaired) electrons. The molecule has 1 N–H and O–H groups in total. The molecule has 88 valence electrons. The summed E-state index contributed by atoms with van der Waals surface area (Å²) in [7, 11) is 0. The minimum atomic E-state index is -0.571. The summed E-state index contributed by atoms with van der Waals surface area (Å²) in [5, 5.41) is 11.0. The predicted octanol–water partition coefficient (Wildman–Crippen LogP) is 3.65. The van der Waals surface area contributed by atoms with Gasteiger partial charge in [0, 0.05) is 0 Å². The number of hydrogen-bond donors (Lipinski definition) is 1. The molecule has 0 aromatic heterocycles. The van der Waals surface area contributed by atoms with E-state index < -0.39 is 5.60 Å². The van der Waals surface area contributed by atoms with Crippen molar-refractivity contribution >= 4 is 0 Å². The summed E-state index contributed by atoms with van der Waals surface area (Å²) in [5.74, 6) is 0.397. The maximum Gasteiger partial charge on any atom is 0.0927 e. The van der Waals surface area contributed by atoms with Crippen LogP contribution in [0.3, 0.4) is 0 Å². The predicted molar refractivity (Wildman–Crippen MR) is 67.3 cm³/mol. The number of aliphatic hydroxyl groups is 1. The van der Waals surface area contributed by atoms with Crippen molar-refractivity contribution in [2.75, 3.05) is 0 Å². The Balaban J connectivity index is 2.43. The highest BCUT2D eigenvalue weighted by atomic mass is 16.3. The second kappa shape index (κ2) is 4.58. The van der Waals surface area contributed by atoms with E-state index in [0.717, 1.165) is 32.1 Å². The molecule has 0 spiro atoms. The first-order valence-corrected chi connectivity index (χ1v) is 6.53. The molecule has 1 nitrogen and oxygen atoms in total. The second-order valence-corrected chi connectivity index (χ2v) is 4.95. The number of rotatable bonds is 3. The average Bonchev–Trinajstić information content (AvgIpc) is 2.31. The van der Waals surface area contributed by atoms with Gasteiger partial charge in [-0.15, -0.1) is 0 Å². The van der Waals surface area contributed by atoms with Crippen LogP contribution in [0.5, 0.6) is 0 Å². The van der Waals surface area contributed by atoms with Crippen molar-refractivity contribution in [3.8, 4) is 0 Å². The van der Waals surface area contributed by atoms with E-state index in [-0.39, 0.29) is 0 Å². The molecule has 2 rings (SSSR count). The van der Waals surface area contributed by atoms with Gasteiger partial charge in [-0.25, -0.2) is 0 Å². The van der Waals surface area contributed by atoms with Crippen molar-refractivity contribution in [1.82, 2.24) is 0 Å². The third-order valence-electron chi connectivity index (χ3n) is 4.15. The van der Waals surface area contributed by atoms with Crippen LogP contribution in [0.4, 0.5) is 0 Å².